The Hall–Kier alpha value is -0.570. The molecule has 0 radical (unpaired) electrons. The third-order valence-electron chi connectivity index (χ3n) is 2.77. The molecule has 1 rings (SSSR count). The first-order valence-electron chi connectivity index (χ1n) is 5.42. The minimum Gasteiger partial charge on any atom is -0.390 e. The molecule has 2 N–H and O–H groups in total. The Morgan fingerprint density at radius 3 is 2.50 bits per heavy atom. The quantitative estimate of drug-likeness (QED) is 0.720. The van der Waals surface area contributed by atoms with Crippen molar-refractivity contribution in [3.05, 3.63) is 0 Å². The fourth-order valence-electron chi connectivity index (χ4n) is 1.86. The van der Waals surface area contributed by atoms with Gasteiger partial charge in [0.25, 0.3) is 0 Å². The second kappa shape index (κ2) is 4.30. The summed E-state index contributed by atoms with van der Waals surface area (Å²) in [5.41, 5.74) is -0.891. The number of amides is 1. The maximum atomic E-state index is 11.4. The molecular formula is C11H21NO2. The van der Waals surface area contributed by atoms with Crippen LogP contribution in [-0.4, -0.2) is 22.7 Å². The van der Waals surface area contributed by atoms with Gasteiger partial charge in [0.05, 0.1) is 12.0 Å². The topological polar surface area (TPSA) is 49.3 Å². The summed E-state index contributed by atoms with van der Waals surface area (Å²) in [5.74, 6) is 0.763. The molecule has 0 aliphatic heterocycles. The van der Waals surface area contributed by atoms with Crippen molar-refractivity contribution in [2.45, 2.75) is 58.1 Å². The SMILES string of the molecule is CCC1CC(NC(=O)CC(C)(C)O)C1. The Bertz CT molecular complexity index is 202. The molecule has 0 aromatic heterocycles. The zero-order valence-corrected chi connectivity index (χ0v) is 9.34. The van der Waals surface area contributed by atoms with E-state index in [0.29, 0.717) is 6.04 Å². The largest absolute Gasteiger partial charge is 0.390 e. The maximum absolute atomic E-state index is 11.4. The maximum Gasteiger partial charge on any atom is 0.223 e. The third-order valence-corrected chi connectivity index (χ3v) is 2.77. The van der Waals surface area contributed by atoms with Crippen molar-refractivity contribution in [2.75, 3.05) is 0 Å². The molecule has 0 atom stereocenters. The van der Waals surface area contributed by atoms with E-state index < -0.39 is 5.60 Å². The molecule has 0 bridgehead atoms. The first kappa shape index (κ1) is 11.5. The number of carbonyl (C=O) groups is 1. The zero-order chi connectivity index (χ0) is 10.8. The standard InChI is InChI=1S/C11H21NO2/c1-4-8-5-9(6-8)12-10(13)7-11(2,3)14/h8-9,14H,4-7H2,1-3H3,(H,12,13). The van der Waals surface area contributed by atoms with Crippen LogP contribution in [0.5, 0.6) is 0 Å². The van der Waals surface area contributed by atoms with Crippen molar-refractivity contribution in [3.63, 3.8) is 0 Å². The molecule has 1 fully saturated rings. The minimum atomic E-state index is -0.891. The van der Waals surface area contributed by atoms with Gasteiger partial charge in [-0.05, 0) is 32.6 Å². The lowest BCUT2D eigenvalue weighted by Gasteiger charge is -2.35. The van der Waals surface area contributed by atoms with Gasteiger partial charge >= 0.3 is 0 Å². The summed E-state index contributed by atoms with van der Waals surface area (Å²) in [4.78, 5) is 11.4. The predicted molar refractivity (Wildman–Crippen MR) is 55.9 cm³/mol. The Balaban J connectivity index is 2.17. The number of aliphatic hydroxyl groups is 1. The molecule has 82 valence electrons. The predicted octanol–water partition coefficient (Wildman–Crippen LogP) is 1.45. The van der Waals surface area contributed by atoms with E-state index in [2.05, 4.69) is 12.2 Å². The fraction of sp³-hybridized carbons (Fsp3) is 0.909. The first-order valence-corrected chi connectivity index (χ1v) is 5.42. The Kier molecular flexibility index (Phi) is 3.53. The van der Waals surface area contributed by atoms with Crippen LogP contribution in [0.25, 0.3) is 0 Å². The van der Waals surface area contributed by atoms with Crippen molar-refractivity contribution in [1.29, 1.82) is 0 Å². The first-order chi connectivity index (χ1) is 6.40. The Morgan fingerprint density at radius 2 is 2.07 bits per heavy atom. The highest BCUT2D eigenvalue weighted by Gasteiger charge is 2.29. The highest BCUT2D eigenvalue weighted by molar-refractivity contribution is 5.77. The number of hydrogen-bond acceptors (Lipinski definition) is 2. The van der Waals surface area contributed by atoms with Crippen LogP contribution in [0.15, 0.2) is 0 Å². The van der Waals surface area contributed by atoms with Gasteiger partial charge in [0.1, 0.15) is 0 Å². The second-order valence-corrected chi connectivity index (χ2v) is 5.00. The van der Waals surface area contributed by atoms with Crippen molar-refractivity contribution in [2.24, 2.45) is 5.92 Å². The van der Waals surface area contributed by atoms with E-state index >= 15 is 0 Å². The molecule has 0 aromatic carbocycles. The van der Waals surface area contributed by atoms with Gasteiger partial charge < -0.3 is 10.4 Å². The van der Waals surface area contributed by atoms with E-state index in [9.17, 15) is 9.90 Å². The van der Waals surface area contributed by atoms with Crippen LogP contribution >= 0.6 is 0 Å². The van der Waals surface area contributed by atoms with Crippen LogP contribution in [0.3, 0.4) is 0 Å². The molecular weight excluding hydrogens is 178 g/mol. The van der Waals surface area contributed by atoms with Crippen molar-refractivity contribution in [3.8, 4) is 0 Å². The molecule has 1 amide bonds. The van der Waals surface area contributed by atoms with E-state index in [1.807, 2.05) is 0 Å². The molecule has 1 saturated carbocycles. The summed E-state index contributed by atoms with van der Waals surface area (Å²) in [6.45, 7) is 5.49. The van der Waals surface area contributed by atoms with Crippen molar-refractivity contribution >= 4 is 5.91 Å². The number of carbonyl (C=O) groups excluding carboxylic acids is 1. The van der Waals surface area contributed by atoms with Crippen LogP contribution in [-0.2, 0) is 4.79 Å². The summed E-state index contributed by atoms with van der Waals surface area (Å²) < 4.78 is 0. The van der Waals surface area contributed by atoms with Gasteiger partial charge in [-0.15, -0.1) is 0 Å². The summed E-state index contributed by atoms with van der Waals surface area (Å²) in [7, 11) is 0. The molecule has 0 aromatic rings. The average molecular weight is 199 g/mol. The van der Waals surface area contributed by atoms with Gasteiger partial charge in [-0.25, -0.2) is 0 Å². The van der Waals surface area contributed by atoms with Crippen molar-refractivity contribution < 1.29 is 9.90 Å². The normalized spacial score (nSPS) is 26.9. The summed E-state index contributed by atoms with van der Waals surface area (Å²) in [5, 5.41) is 12.4. The number of nitrogens with one attached hydrogen (secondary N) is 1. The molecule has 14 heavy (non-hydrogen) atoms. The molecule has 3 nitrogen and oxygen atoms in total. The highest BCUT2D eigenvalue weighted by atomic mass is 16.3. The molecule has 0 unspecified atom stereocenters. The Labute approximate surface area is 85.9 Å². The second-order valence-electron chi connectivity index (χ2n) is 5.00. The Morgan fingerprint density at radius 1 is 1.50 bits per heavy atom. The van der Waals surface area contributed by atoms with E-state index in [0.717, 1.165) is 18.8 Å². The van der Waals surface area contributed by atoms with E-state index in [1.165, 1.54) is 6.42 Å². The van der Waals surface area contributed by atoms with Crippen LogP contribution in [0.1, 0.15) is 46.5 Å². The van der Waals surface area contributed by atoms with Gasteiger partial charge in [0.15, 0.2) is 0 Å². The average Bonchev–Trinajstić information content (AvgIpc) is 1.91. The van der Waals surface area contributed by atoms with E-state index in [4.69, 9.17) is 0 Å². The van der Waals surface area contributed by atoms with E-state index in [1.54, 1.807) is 13.8 Å². The molecule has 0 saturated heterocycles. The lowest BCUT2D eigenvalue weighted by Crippen LogP contribution is -2.45. The highest BCUT2D eigenvalue weighted by Crippen LogP contribution is 2.29. The summed E-state index contributed by atoms with van der Waals surface area (Å²) >= 11 is 0. The van der Waals surface area contributed by atoms with Gasteiger partial charge in [-0.3, -0.25) is 4.79 Å². The van der Waals surface area contributed by atoms with Crippen LogP contribution < -0.4 is 5.32 Å². The molecule has 1 aliphatic rings. The zero-order valence-electron chi connectivity index (χ0n) is 9.34. The van der Waals surface area contributed by atoms with Gasteiger partial charge in [-0.1, -0.05) is 13.3 Å². The van der Waals surface area contributed by atoms with Crippen LogP contribution in [0.2, 0.25) is 0 Å². The molecule has 0 heterocycles. The third kappa shape index (κ3) is 3.66. The van der Waals surface area contributed by atoms with Crippen LogP contribution in [0.4, 0.5) is 0 Å². The number of rotatable bonds is 4. The fourth-order valence-corrected chi connectivity index (χ4v) is 1.86. The van der Waals surface area contributed by atoms with E-state index in [-0.39, 0.29) is 12.3 Å². The minimum absolute atomic E-state index is 0.0305. The summed E-state index contributed by atoms with van der Waals surface area (Å²) in [6.07, 6.45) is 3.61. The molecule has 3 heteroatoms. The smallest absolute Gasteiger partial charge is 0.223 e. The van der Waals surface area contributed by atoms with Gasteiger partial charge in [0, 0.05) is 6.04 Å². The molecule has 1 aliphatic carbocycles. The lowest BCUT2D eigenvalue weighted by atomic mass is 9.78. The van der Waals surface area contributed by atoms with Crippen molar-refractivity contribution in [1.82, 2.24) is 5.32 Å². The summed E-state index contributed by atoms with van der Waals surface area (Å²) in [6, 6.07) is 0.356. The molecule has 0 spiro atoms. The number of hydrogen-bond donors (Lipinski definition) is 2. The van der Waals surface area contributed by atoms with Gasteiger partial charge in [0.2, 0.25) is 5.91 Å². The monoisotopic (exact) mass is 199 g/mol. The van der Waals surface area contributed by atoms with Crippen LogP contribution in [0, 0.1) is 5.92 Å². The van der Waals surface area contributed by atoms with Gasteiger partial charge in [-0.2, -0.15) is 0 Å². The lowest BCUT2D eigenvalue weighted by molar-refractivity contribution is -0.126.